The first-order chi connectivity index (χ1) is 20.5. The summed E-state index contributed by atoms with van der Waals surface area (Å²) < 4.78 is 5.23. The Morgan fingerprint density at radius 1 is 0.762 bits per heavy atom. The van der Waals surface area contributed by atoms with Gasteiger partial charge in [-0.25, -0.2) is 0 Å². The predicted octanol–water partition coefficient (Wildman–Crippen LogP) is 3.66. The van der Waals surface area contributed by atoms with Gasteiger partial charge in [0.2, 0.25) is 5.91 Å². The van der Waals surface area contributed by atoms with Gasteiger partial charge in [0.1, 0.15) is 5.75 Å². The molecule has 220 valence electrons. The molecule has 0 saturated carbocycles. The van der Waals surface area contributed by atoms with Crippen LogP contribution in [0.5, 0.6) is 5.75 Å². The summed E-state index contributed by atoms with van der Waals surface area (Å²) in [5.41, 5.74) is 3.56. The lowest BCUT2D eigenvalue weighted by Gasteiger charge is -2.27. The van der Waals surface area contributed by atoms with Gasteiger partial charge in [-0.2, -0.15) is 0 Å². The second-order valence-corrected chi connectivity index (χ2v) is 10.7. The molecule has 0 spiro atoms. The van der Waals surface area contributed by atoms with E-state index in [-0.39, 0.29) is 24.1 Å². The molecule has 2 aliphatic heterocycles. The Morgan fingerprint density at radius 2 is 1.50 bits per heavy atom. The van der Waals surface area contributed by atoms with Crippen molar-refractivity contribution in [1.29, 1.82) is 0 Å². The van der Waals surface area contributed by atoms with Crippen LogP contribution in [0.15, 0.2) is 72.8 Å². The van der Waals surface area contributed by atoms with Gasteiger partial charge in [-0.3, -0.25) is 14.4 Å². The lowest BCUT2D eigenvalue weighted by atomic mass is 10.1. The number of nitrogens with one attached hydrogen (secondary N) is 2. The maximum Gasteiger partial charge on any atom is 0.253 e. The van der Waals surface area contributed by atoms with E-state index < -0.39 is 0 Å². The first-order valence-electron chi connectivity index (χ1n) is 14.7. The van der Waals surface area contributed by atoms with Gasteiger partial charge < -0.3 is 30.1 Å². The number of carbonyl (C=O) groups is 3. The van der Waals surface area contributed by atoms with Crippen LogP contribution in [0.4, 0.5) is 11.4 Å². The van der Waals surface area contributed by atoms with Crippen molar-refractivity contribution in [3.63, 3.8) is 0 Å². The van der Waals surface area contributed by atoms with Crippen molar-refractivity contribution in [3.05, 3.63) is 89.5 Å². The molecule has 0 aliphatic carbocycles. The summed E-state index contributed by atoms with van der Waals surface area (Å²) >= 11 is 0. The van der Waals surface area contributed by atoms with Gasteiger partial charge in [0.05, 0.1) is 24.9 Å². The van der Waals surface area contributed by atoms with Gasteiger partial charge >= 0.3 is 0 Å². The number of nitrogens with zero attached hydrogens (tertiary/aromatic N) is 3. The van der Waals surface area contributed by atoms with Crippen LogP contribution in [0, 0.1) is 0 Å². The molecule has 0 radical (unpaired) electrons. The fourth-order valence-corrected chi connectivity index (χ4v) is 5.52. The van der Waals surface area contributed by atoms with Crippen molar-refractivity contribution < 1.29 is 19.1 Å². The molecule has 2 N–H and O–H groups in total. The maximum absolute atomic E-state index is 13.5. The summed E-state index contributed by atoms with van der Waals surface area (Å²) in [4.78, 5) is 45.8. The van der Waals surface area contributed by atoms with Crippen LogP contribution >= 0.6 is 0 Å². The zero-order valence-electron chi connectivity index (χ0n) is 24.2. The Balaban J connectivity index is 1.36. The van der Waals surface area contributed by atoms with Crippen LogP contribution in [-0.4, -0.2) is 87.0 Å². The quantitative estimate of drug-likeness (QED) is 0.451. The maximum atomic E-state index is 13.5. The average Bonchev–Trinajstić information content (AvgIpc) is 3.45. The minimum atomic E-state index is -0.166. The van der Waals surface area contributed by atoms with Crippen LogP contribution in [0.1, 0.15) is 39.1 Å². The largest absolute Gasteiger partial charge is 0.497 e. The third kappa shape index (κ3) is 7.28. The van der Waals surface area contributed by atoms with E-state index in [0.717, 1.165) is 49.5 Å². The van der Waals surface area contributed by atoms with E-state index in [9.17, 15) is 14.4 Å². The summed E-state index contributed by atoms with van der Waals surface area (Å²) in [6, 6.07) is 22.4. The Labute approximate surface area is 247 Å². The number of methoxy groups -OCH3 is 1. The predicted molar refractivity (Wildman–Crippen MR) is 164 cm³/mol. The van der Waals surface area contributed by atoms with Gasteiger partial charge in [-0.05, 0) is 67.4 Å². The van der Waals surface area contributed by atoms with E-state index in [1.165, 1.54) is 0 Å². The number of rotatable bonds is 7. The van der Waals surface area contributed by atoms with E-state index >= 15 is 0 Å². The molecule has 42 heavy (non-hydrogen) atoms. The van der Waals surface area contributed by atoms with Crippen molar-refractivity contribution in [2.24, 2.45) is 0 Å². The molecular weight excluding hydrogens is 530 g/mol. The molecule has 0 aromatic heterocycles. The van der Waals surface area contributed by atoms with Crippen molar-refractivity contribution in [2.75, 3.05) is 69.7 Å². The highest BCUT2D eigenvalue weighted by Gasteiger charge is 2.24. The van der Waals surface area contributed by atoms with E-state index in [2.05, 4.69) is 15.5 Å². The standard InChI is InChI=1S/C33H39N5O4/c1-42-28-12-9-25(10-13-28)23-31(39)35-29-24-27(33(41)37-17-5-15-34-16-20-37)11-14-30(29)36-18-6-19-38(22-21-36)32(40)26-7-3-2-4-8-26/h2-4,7-14,24,34H,5-6,15-23H2,1H3,(H,35,39). The van der Waals surface area contributed by atoms with E-state index in [1.54, 1.807) is 13.2 Å². The van der Waals surface area contributed by atoms with Gasteiger partial charge in [0.15, 0.2) is 0 Å². The Kier molecular flexibility index (Phi) is 9.71. The second kappa shape index (κ2) is 14.0. The molecule has 3 amide bonds. The second-order valence-electron chi connectivity index (χ2n) is 10.7. The van der Waals surface area contributed by atoms with E-state index in [1.807, 2.05) is 76.5 Å². The number of ether oxygens (including phenoxy) is 1. The highest BCUT2D eigenvalue weighted by Crippen LogP contribution is 2.30. The van der Waals surface area contributed by atoms with Crippen LogP contribution in [0.25, 0.3) is 0 Å². The molecule has 9 nitrogen and oxygen atoms in total. The minimum absolute atomic E-state index is 0.0263. The summed E-state index contributed by atoms with van der Waals surface area (Å²) in [6.45, 7) is 5.57. The van der Waals surface area contributed by atoms with Crippen molar-refractivity contribution in [1.82, 2.24) is 15.1 Å². The summed E-state index contributed by atoms with van der Waals surface area (Å²) in [7, 11) is 1.61. The monoisotopic (exact) mass is 569 g/mol. The lowest BCUT2D eigenvalue weighted by Crippen LogP contribution is -2.35. The van der Waals surface area contributed by atoms with Crippen molar-refractivity contribution in [3.8, 4) is 5.75 Å². The van der Waals surface area contributed by atoms with Gasteiger partial charge in [-0.15, -0.1) is 0 Å². The number of amides is 3. The number of benzene rings is 3. The summed E-state index contributed by atoms with van der Waals surface area (Å²) in [5.74, 6) is 0.558. The number of hydrogen-bond acceptors (Lipinski definition) is 6. The summed E-state index contributed by atoms with van der Waals surface area (Å²) in [5, 5.41) is 6.44. The first-order valence-corrected chi connectivity index (χ1v) is 14.7. The molecule has 0 unspecified atom stereocenters. The molecule has 3 aromatic rings. The molecule has 9 heteroatoms. The van der Waals surface area contributed by atoms with Gasteiger partial charge in [-0.1, -0.05) is 30.3 Å². The molecule has 5 rings (SSSR count). The molecule has 2 heterocycles. The lowest BCUT2D eigenvalue weighted by molar-refractivity contribution is -0.115. The Morgan fingerprint density at radius 3 is 2.29 bits per heavy atom. The average molecular weight is 570 g/mol. The third-order valence-electron chi connectivity index (χ3n) is 7.81. The number of carbonyl (C=O) groups excluding carboxylic acids is 3. The normalized spacial score (nSPS) is 15.9. The highest BCUT2D eigenvalue weighted by atomic mass is 16.5. The van der Waals surface area contributed by atoms with Crippen LogP contribution in [0.2, 0.25) is 0 Å². The Bertz CT molecular complexity index is 1370. The van der Waals surface area contributed by atoms with Gasteiger partial charge in [0.25, 0.3) is 11.8 Å². The third-order valence-corrected chi connectivity index (χ3v) is 7.81. The molecular formula is C33H39N5O4. The zero-order valence-corrected chi connectivity index (χ0v) is 24.2. The molecule has 3 aromatic carbocycles. The summed E-state index contributed by atoms with van der Waals surface area (Å²) in [6.07, 6.45) is 1.89. The molecule has 2 fully saturated rings. The highest BCUT2D eigenvalue weighted by molar-refractivity contribution is 6.00. The van der Waals surface area contributed by atoms with Gasteiger partial charge in [0, 0.05) is 56.9 Å². The van der Waals surface area contributed by atoms with Crippen molar-refractivity contribution >= 4 is 29.1 Å². The number of hydrogen-bond donors (Lipinski definition) is 2. The Hall–Kier alpha value is -4.37. The SMILES string of the molecule is COc1ccc(CC(=O)Nc2cc(C(=O)N3CCCNCC3)ccc2N2CCCN(C(=O)c3ccccc3)CC2)cc1. The van der Waals surface area contributed by atoms with Crippen molar-refractivity contribution in [2.45, 2.75) is 19.3 Å². The number of anilines is 2. The molecule has 2 saturated heterocycles. The topological polar surface area (TPSA) is 94.2 Å². The first kappa shape index (κ1) is 29.1. The fraction of sp³-hybridized carbons (Fsp3) is 0.364. The van der Waals surface area contributed by atoms with Crippen LogP contribution in [0.3, 0.4) is 0 Å². The fourth-order valence-electron chi connectivity index (χ4n) is 5.52. The van der Waals surface area contributed by atoms with Crippen LogP contribution < -0.4 is 20.3 Å². The minimum Gasteiger partial charge on any atom is -0.497 e. The zero-order chi connectivity index (χ0) is 29.3. The van der Waals surface area contributed by atoms with E-state index in [0.29, 0.717) is 49.5 Å². The van der Waals surface area contributed by atoms with E-state index in [4.69, 9.17) is 4.74 Å². The molecule has 0 atom stereocenters. The smallest absolute Gasteiger partial charge is 0.253 e. The van der Waals surface area contributed by atoms with Crippen LogP contribution in [-0.2, 0) is 11.2 Å². The molecule has 2 aliphatic rings. The molecule has 0 bridgehead atoms.